The largest absolute Gasteiger partial charge is 0.385 e. The third-order valence-electron chi connectivity index (χ3n) is 4.12. The molecule has 0 bridgehead atoms. The van der Waals surface area contributed by atoms with Crippen LogP contribution in [0.3, 0.4) is 0 Å². The second-order valence-corrected chi connectivity index (χ2v) is 6.97. The van der Waals surface area contributed by atoms with Gasteiger partial charge in [0.1, 0.15) is 0 Å². The molecule has 1 fully saturated rings. The Bertz CT molecular complexity index is 659. The van der Waals surface area contributed by atoms with E-state index >= 15 is 0 Å². The van der Waals surface area contributed by atoms with Crippen molar-refractivity contribution in [3.05, 3.63) is 52.0 Å². The van der Waals surface area contributed by atoms with Gasteiger partial charge in [-0.15, -0.1) is 11.3 Å². The Morgan fingerprint density at radius 2 is 2.26 bits per heavy atom. The summed E-state index contributed by atoms with van der Waals surface area (Å²) in [4.78, 5) is 8.18. The molecule has 3 heterocycles. The zero-order chi connectivity index (χ0) is 16.2. The zero-order valence-corrected chi connectivity index (χ0v) is 15.0. The minimum absolute atomic E-state index is 0.0867. The van der Waals surface area contributed by atoms with Crippen molar-refractivity contribution in [2.45, 2.75) is 25.4 Å². The summed E-state index contributed by atoms with van der Waals surface area (Å²) in [5, 5.41) is 6.42. The molecule has 4 nitrogen and oxygen atoms in total. The maximum Gasteiger partial charge on any atom is 0.170 e. The first kappa shape index (κ1) is 16.4. The number of aryl methyl sites for hydroxylation is 1. The number of thiophene rings is 1. The summed E-state index contributed by atoms with van der Waals surface area (Å²) in [6.07, 6.45) is 2.79. The van der Waals surface area contributed by atoms with E-state index in [1.165, 1.54) is 10.4 Å². The number of methoxy groups -OCH3 is 1. The monoisotopic (exact) mass is 347 g/mol. The van der Waals surface area contributed by atoms with E-state index in [1.54, 1.807) is 18.4 Å². The van der Waals surface area contributed by atoms with Crippen molar-refractivity contribution in [2.75, 3.05) is 20.3 Å². The van der Waals surface area contributed by atoms with Crippen LogP contribution < -0.4 is 5.32 Å². The molecule has 2 aromatic heterocycles. The van der Waals surface area contributed by atoms with Gasteiger partial charge in [0.05, 0.1) is 17.8 Å². The highest BCUT2D eigenvalue weighted by atomic mass is 32.1. The first-order chi connectivity index (χ1) is 11.2. The fourth-order valence-electron chi connectivity index (χ4n) is 3.00. The van der Waals surface area contributed by atoms with E-state index in [-0.39, 0.29) is 12.1 Å². The van der Waals surface area contributed by atoms with Crippen molar-refractivity contribution in [1.29, 1.82) is 0 Å². The summed E-state index contributed by atoms with van der Waals surface area (Å²) < 4.78 is 5.20. The predicted octanol–water partition coefficient (Wildman–Crippen LogP) is 3.46. The van der Waals surface area contributed by atoms with E-state index in [0.717, 1.165) is 30.4 Å². The summed E-state index contributed by atoms with van der Waals surface area (Å²) in [5.74, 6) is 0. The van der Waals surface area contributed by atoms with Gasteiger partial charge in [-0.1, -0.05) is 6.07 Å². The Kier molecular flexibility index (Phi) is 5.25. The van der Waals surface area contributed by atoms with Crippen LogP contribution in [0.1, 0.15) is 34.6 Å². The zero-order valence-electron chi connectivity index (χ0n) is 13.4. The molecule has 2 atom stereocenters. The van der Waals surface area contributed by atoms with Crippen molar-refractivity contribution in [3.8, 4) is 0 Å². The van der Waals surface area contributed by atoms with Crippen LogP contribution in [0.5, 0.6) is 0 Å². The van der Waals surface area contributed by atoms with Gasteiger partial charge in [0, 0.05) is 31.3 Å². The van der Waals surface area contributed by atoms with Crippen LogP contribution in [-0.4, -0.2) is 35.3 Å². The van der Waals surface area contributed by atoms with E-state index in [2.05, 4.69) is 39.6 Å². The fraction of sp³-hybridized carbons (Fsp3) is 0.412. The summed E-state index contributed by atoms with van der Waals surface area (Å²) in [7, 11) is 1.73. The van der Waals surface area contributed by atoms with Gasteiger partial charge in [0.25, 0.3) is 0 Å². The molecule has 122 valence electrons. The predicted molar refractivity (Wildman–Crippen MR) is 97.7 cm³/mol. The standard InChI is InChI=1S/C17H21N3OS2/c1-12-7-11-23-16(12)15-14(13-6-3-4-8-18-13)19-17(22)20(15)9-5-10-21-2/h3-4,6-8,11,14-15H,5,9-10H2,1-2H3,(H,19,22)/t14-,15-/m1/s1. The number of aromatic nitrogens is 1. The van der Waals surface area contributed by atoms with Gasteiger partial charge in [0.15, 0.2) is 5.11 Å². The molecule has 0 radical (unpaired) electrons. The first-order valence-corrected chi connectivity index (χ1v) is 9.02. The van der Waals surface area contributed by atoms with E-state index in [9.17, 15) is 0 Å². The minimum atomic E-state index is 0.0867. The summed E-state index contributed by atoms with van der Waals surface area (Å²) >= 11 is 7.40. The Labute approximate surface area is 146 Å². The Morgan fingerprint density at radius 1 is 1.39 bits per heavy atom. The molecule has 1 aliphatic heterocycles. The van der Waals surface area contributed by atoms with Crippen LogP contribution in [0, 0.1) is 6.92 Å². The van der Waals surface area contributed by atoms with Gasteiger partial charge < -0.3 is 15.0 Å². The van der Waals surface area contributed by atoms with E-state index < -0.39 is 0 Å². The number of nitrogens with one attached hydrogen (secondary N) is 1. The van der Waals surface area contributed by atoms with E-state index in [1.807, 2.05) is 18.3 Å². The number of rotatable bonds is 6. The highest BCUT2D eigenvalue weighted by molar-refractivity contribution is 7.80. The third-order valence-corrected chi connectivity index (χ3v) is 5.56. The number of pyridine rings is 1. The summed E-state index contributed by atoms with van der Waals surface area (Å²) in [6, 6.07) is 8.48. The Balaban J connectivity index is 1.93. The SMILES string of the molecule is COCCCN1C(=S)N[C@H](c2ccccn2)[C@@H]1c1sccc1C. The molecule has 0 spiro atoms. The van der Waals surface area contributed by atoms with Crippen molar-refractivity contribution < 1.29 is 4.74 Å². The Hall–Kier alpha value is -1.50. The number of hydrogen-bond donors (Lipinski definition) is 1. The lowest BCUT2D eigenvalue weighted by molar-refractivity contribution is 0.181. The van der Waals surface area contributed by atoms with Crippen molar-refractivity contribution in [1.82, 2.24) is 15.2 Å². The average molecular weight is 348 g/mol. The highest BCUT2D eigenvalue weighted by Gasteiger charge is 2.40. The molecule has 1 aliphatic rings. The highest BCUT2D eigenvalue weighted by Crippen LogP contribution is 2.41. The molecule has 23 heavy (non-hydrogen) atoms. The smallest absolute Gasteiger partial charge is 0.170 e. The quantitative estimate of drug-likeness (QED) is 0.640. The molecule has 0 unspecified atom stereocenters. The maximum atomic E-state index is 5.61. The molecule has 2 aromatic rings. The maximum absolute atomic E-state index is 5.61. The molecule has 1 N–H and O–H groups in total. The van der Waals surface area contributed by atoms with Crippen LogP contribution >= 0.6 is 23.6 Å². The van der Waals surface area contributed by atoms with Crippen molar-refractivity contribution in [3.63, 3.8) is 0 Å². The van der Waals surface area contributed by atoms with E-state index in [0.29, 0.717) is 0 Å². The van der Waals surface area contributed by atoms with Crippen LogP contribution in [-0.2, 0) is 4.74 Å². The molecule has 0 aliphatic carbocycles. The van der Waals surface area contributed by atoms with Crippen LogP contribution in [0.2, 0.25) is 0 Å². The summed E-state index contributed by atoms with van der Waals surface area (Å²) in [5.41, 5.74) is 2.34. The van der Waals surface area contributed by atoms with Gasteiger partial charge in [-0.3, -0.25) is 4.98 Å². The second kappa shape index (κ2) is 7.38. The molecule has 0 saturated carbocycles. The third kappa shape index (κ3) is 3.39. The first-order valence-electron chi connectivity index (χ1n) is 7.73. The van der Waals surface area contributed by atoms with Crippen LogP contribution in [0.4, 0.5) is 0 Å². The fourth-order valence-corrected chi connectivity index (χ4v) is 4.40. The molecular formula is C17H21N3OS2. The number of nitrogens with zero attached hydrogens (tertiary/aromatic N) is 2. The van der Waals surface area contributed by atoms with Gasteiger partial charge in [-0.25, -0.2) is 0 Å². The van der Waals surface area contributed by atoms with Crippen molar-refractivity contribution >= 4 is 28.7 Å². The van der Waals surface area contributed by atoms with Gasteiger partial charge >= 0.3 is 0 Å². The van der Waals surface area contributed by atoms with Crippen LogP contribution in [0.25, 0.3) is 0 Å². The number of ether oxygens (including phenoxy) is 1. The molecule has 0 aromatic carbocycles. The molecule has 6 heteroatoms. The number of hydrogen-bond acceptors (Lipinski definition) is 4. The average Bonchev–Trinajstić information content (AvgIpc) is 3.12. The minimum Gasteiger partial charge on any atom is -0.385 e. The van der Waals surface area contributed by atoms with Crippen molar-refractivity contribution in [2.24, 2.45) is 0 Å². The topological polar surface area (TPSA) is 37.4 Å². The van der Waals surface area contributed by atoms with Gasteiger partial charge in [0.2, 0.25) is 0 Å². The lowest BCUT2D eigenvalue weighted by Gasteiger charge is -2.27. The lowest BCUT2D eigenvalue weighted by Crippen LogP contribution is -2.31. The van der Waals surface area contributed by atoms with E-state index in [4.69, 9.17) is 17.0 Å². The summed E-state index contributed by atoms with van der Waals surface area (Å²) in [6.45, 7) is 3.78. The normalized spacial score (nSPS) is 20.8. The molecule has 1 saturated heterocycles. The lowest BCUT2D eigenvalue weighted by atomic mass is 10.0. The van der Waals surface area contributed by atoms with Gasteiger partial charge in [-0.05, 0) is 54.7 Å². The molecule has 0 amide bonds. The molecule has 3 rings (SSSR count). The number of thiocarbonyl (C=S) groups is 1. The van der Waals surface area contributed by atoms with Gasteiger partial charge in [-0.2, -0.15) is 0 Å². The Morgan fingerprint density at radius 3 is 2.91 bits per heavy atom. The molecular weight excluding hydrogens is 326 g/mol. The van der Waals surface area contributed by atoms with Crippen LogP contribution in [0.15, 0.2) is 35.8 Å². The second-order valence-electron chi connectivity index (χ2n) is 5.63.